The smallest absolute Gasteiger partial charge is 0.329 e. The molecule has 2 N–H and O–H groups in total. The molecule has 0 bridgehead atoms. The van der Waals surface area contributed by atoms with Gasteiger partial charge >= 0.3 is 5.97 Å². The standard InChI is InChI=1S/C10H18N2O3/c13-10(14)2-4-11-3-1-5-12-6-8-15-9-7-12/h2,4,11H,1,3,5-9H2,(H,13,14)/b4-2+. The predicted molar refractivity (Wildman–Crippen MR) is 56.7 cm³/mol. The Labute approximate surface area is 89.7 Å². The van der Waals surface area contributed by atoms with Crippen LogP contribution in [0.5, 0.6) is 0 Å². The second-order valence-corrected chi connectivity index (χ2v) is 3.43. The van der Waals surface area contributed by atoms with Crippen molar-refractivity contribution in [1.82, 2.24) is 10.2 Å². The van der Waals surface area contributed by atoms with Crippen molar-refractivity contribution >= 4 is 5.97 Å². The summed E-state index contributed by atoms with van der Waals surface area (Å²) in [5.74, 6) is -0.921. The number of carboxylic acids is 1. The Morgan fingerprint density at radius 1 is 1.47 bits per heavy atom. The first-order chi connectivity index (χ1) is 7.29. The average Bonchev–Trinajstić information content (AvgIpc) is 2.24. The van der Waals surface area contributed by atoms with Crippen LogP contribution in [-0.2, 0) is 9.53 Å². The molecule has 15 heavy (non-hydrogen) atoms. The Balaban J connectivity index is 1.94. The maximum absolute atomic E-state index is 10.1. The Morgan fingerprint density at radius 2 is 2.20 bits per heavy atom. The highest BCUT2D eigenvalue weighted by molar-refractivity contribution is 5.79. The van der Waals surface area contributed by atoms with Gasteiger partial charge in [-0.3, -0.25) is 4.90 Å². The summed E-state index contributed by atoms with van der Waals surface area (Å²) >= 11 is 0. The Hall–Kier alpha value is -1.07. The molecule has 5 heteroatoms. The molecule has 0 radical (unpaired) electrons. The van der Waals surface area contributed by atoms with Gasteiger partial charge in [-0.05, 0) is 13.0 Å². The van der Waals surface area contributed by atoms with Crippen LogP contribution in [0.15, 0.2) is 12.3 Å². The molecule has 0 amide bonds. The van der Waals surface area contributed by atoms with E-state index in [1.54, 1.807) is 0 Å². The Bertz CT molecular complexity index is 213. The maximum atomic E-state index is 10.1. The van der Waals surface area contributed by atoms with Crippen LogP contribution in [0.4, 0.5) is 0 Å². The minimum absolute atomic E-state index is 0.807. The van der Waals surface area contributed by atoms with E-state index in [9.17, 15) is 4.79 Å². The van der Waals surface area contributed by atoms with Gasteiger partial charge in [0.1, 0.15) is 0 Å². The van der Waals surface area contributed by atoms with Gasteiger partial charge in [-0.1, -0.05) is 0 Å². The SMILES string of the molecule is O=C(O)/C=C/NCCCN1CCOCC1. The number of ether oxygens (including phenoxy) is 1. The monoisotopic (exact) mass is 214 g/mol. The van der Waals surface area contributed by atoms with Crippen LogP contribution in [0.1, 0.15) is 6.42 Å². The van der Waals surface area contributed by atoms with Gasteiger partial charge in [0, 0.05) is 31.9 Å². The number of nitrogens with zero attached hydrogens (tertiary/aromatic N) is 1. The zero-order chi connectivity index (χ0) is 10.9. The van der Waals surface area contributed by atoms with Crippen LogP contribution in [0, 0.1) is 0 Å². The van der Waals surface area contributed by atoms with Crippen molar-refractivity contribution in [1.29, 1.82) is 0 Å². The molecule has 0 saturated carbocycles. The van der Waals surface area contributed by atoms with Gasteiger partial charge in [-0.25, -0.2) is 4.79 Å². The first-order valence-electron chi connectivity index (χ1n) is 5.22. The van der Waals surface area contributed by atoms with Crippen molar-refractivity contribution in [3.05, 3.63) is 12.3 Å². The highest BCUT2D eigenvalue weighted by Gasteiger charge is 2.08. The molecule has 0 atom stereocenters. The predicted octanol–water partition coefficient (Wildman–Crippen LogP) is -0.103. The highest BCUT2D eigenvalue weighted by atomic mass is 16.5. The molecular formula is C10H18N2O3. The van der Waals surface area contributed by atoms with Crippen molar-refractivity contribution in [2.75, 3.05) is 39.4 Å². The fourth-order valence-electron chi connectivity index (χ4n) is 1.44. The number of hydrogen-bond donors (Lipinski definition) is 2. The van der Waals surface area contributed by atoms with Crippen molar-refractivity contribution in [2.24, 2.45) is 0 Å². The van der Waals surface area contributed by atoms with Crippen LogP contribution in [0.3, 0.4) is 0 Å². The van der Waals surface area contributed by atoms with Crippen LogP contribution < -0.4 is 5.32 Å². The van der Waals surface area contributed by atoms with Gasteiger partial charge in [0.25, 0.3) is 0 Å². The number of carbonyl (C=O) groups is 1. The van der Waals surface area contributed by atoms with E-state index in [0.29, 0.717) is 0 Å². The zero-order valence-corrected chi connectivity index (χ0v) is 8.82. The maximum Gasteiger partial charge on any atom is 0.329 e. The molecule has 1 aliphatic rings. The van der Waals surface area contributed by atoms with Gasteiger partial charge in [-0.15, -0.1) is 0 Å². The number of aliphatic carboxylic acids is 1. The fourth-order valence-corrected chi connectivity index (χ4v) is 1.44. The second kappa shape index (κ2) is 7.25. The van der Waals surface area contributed by atoms with E-state index in [0.717, 1.165) is 51.9 Å². The third-order valence-electron chi connectivity index (χ3n) is 2.24. The van der Waals surface area contributed by atoms with Crippen LogP contribution in [0.2, 0.25) is 0 Å². The molecule has 0 aromatic rings. The van der Waals surface area contributed by atoms with Crippen LogP contribution >= 0.6 is 0 Å². The number of rotatable bonds is 6. The van der Waals surface area contributed by atoms with E-state index >= 15 is 0 Å². The summed E-state index contributed by atoms with van der Waals surface area (Å²) in [5, 5.41) is 11.3. The lowest BCUT2D eigenvalue weighted by atomic mass is 10.3. The summed E-state index contributed by atoms with van der Waals surface area (Å²) < 4.78 is 5.24. The summed E-state index contributed by atoms with van der Waals surface area (Å²) in [6, 6.07) is 0. The first kappa shape index (κ1) is 12.0. The molecular weight excluding hydrogens is 196 g/mol. The summed E-state index contributed by atoms with van der Waals surface area (Å²) in [7, 11) is 0. The first-order valence-corrected chi connectivity index (χ1v) is 5.22. The molecule has 86 valence electrons. The molecule has 1 fully saturated rings. The lowest BCUT2D eigenvalue weighted by molar-refractivity contribution is -0.131. The molecule has 0 aromatic carbocycles. The van der Waals surface area contributed by atoms with Gasteiger partial charge in [0.15, 0.2) is 0 Å². The van der Waals surface area contributed by atoms with E-state index in [4.69, 9.17) is 9.84 Å². The topological polar surface area (TPSA) is 61.8 Å². The molecule has 1 rings (SSSR count). The minimum atomic E-state index is -0.921. The molecule has 1 saturated heterocycles. The Morgan fingerprint density at radius 3 is 2.87 bits per heavy atom. The fraction of sp³-hybridized carbons (Fsp3) is 0.700. The van der Waals surface area contributed by atoms with Gasteiger partial charge in [0.05, 0.1) is 13.2 Å². The molecule has 1 aliphatic heterocycles. The van der Waals surface area contributed by atoms with E-state index in [2.05, 4.69) is 10.2 Å². The summed E-state index contributed by atoms with van der Waals surface area (Å²) in [5.41, 5.74) is 0. The summed E-state index contributed by atoms with van der Waals surface area (Å²) in [6.07, 6.45) is 3.60. The highest BCUT2D eigenvalue weighted by Crippen LogP contribution is 1.96. The number of carboxylic acid groups (broad SMARTS) is 1. The van der Waals surface area contributed by atoms with Crippen molar-refractivity contribution in [3.63, 3.8) is 0 Å². The number of nitrogens with one attached hydrogen (secondary N) is 1. The zero-order valence-electron chi connectivity index (χ0n) is 8.82. The molecule has 0 spiro atoms. The molecule has 5 nitrogen and oxygen atoms in total. The quantitative estimate of drug-likeness (QED) is 0.477. The van der Waals surface area contributed by atoms with E-state index < -0.39 is 5.97 Å². The molecule has 0 unspecified atom stereocenters. The molecule has 1 heterocycles. The third kappa shape index (κ3) is 6.09. The van der Waals surface area contributed by atoms with Crippen molar-refractivity contribution in [2.45, 2.75) is 6.42 Å². The van der Waals surface area contributed by atoms with E-state index in [-0.39, 0.29) is 0 Å². The van der Waals surface area contributed by atoms with E-state index in [1.807, 2.05) is 0 Å². The Kier molecular flexibility index (Phi) is 5.80. The lowest BCUT2D eigenvalue weighted by Crippen LogP contribution is -2.37. The van der Waals surface area contributed by atoms with Crippen LogP contribution in [0.25, 0.3) is 0 Å². The lowest BCUT2D eigenvalue weighted by Gasteiger charge is -2.26. The average molecular weight is 214 g/mol. The van der Waals surface area contributed by atoms with Gasteiger partial charge in [0.2, 0.25) is 0 Å². The minimum Gasteiger partial charge on any atom is -0.478 e. The van der Waals surface area contributed by atoms with Crippen molar-refractivity contribution in [3.8, 4) is 0 Å². The van der Waals surface area contributed by atoms with E-state index in [1.165, 1.54) is 6.20 Å². The summed E-state index contributed by atoms with van der Waals surface area (Å²) in [6.45, 7) is 5.51. The normalized spacial score (nSPS) is 18.1. The largest absolute Gasteiger partial charge is 0.478 e. The molecule has 0 aromatic heterocycles. The summed E-state index contributed by atoms with van der Waals surface area (Å²) in [4.78, 5) is 12.5. The number of hydrogen-bond acceptors (Lipinski definition) is 4. The van der Waals surface area contributed by atoms with Gasteiger partial charge < -0.3 is 15.2 Å². The molecule has 0 aliphatic carbocycles. The second-order valence-electron chi connectivity index (χ2n) is 3.43. The van der Waals surface area contributed by atoms with Crippen LogP contribution in [-0.4, -0.2) is 55.4 Å². The third-order valence-corrected chi connectivity index (χ3v) is 2.24. The van der Waals surface area contributed by atoms with Crippen molar-refractivity contribution < 1.29 is 14.6 Å². The number of morpholine rings is 1. The van der Waals surface area contributed by atoms with Gasteiger partial charge in [-0.2, -0.15) is 0 Å².